The summed E-state index contributed by atoms with van der Waals surface area (Å²) < 4.78 is 0. The van der Waals surface area contributed by atoms with Gasteiger partial charge in [0.2, 0.25) is 0 Å². The van der Waals surface area contributed by atoms with Gasteiger partial charge in [0.1, 0.15) is 0 Å². The van der Waals surface area contributed by atoms with Crippen LogP contribution in [-0.4, -0.2) is 11.2 Å². The van der Waals surface area contributed by atoms with Crippen molar-refractivity contribution in [1.29, 1.82) is 0 Å². The van der Waals surface area contributed by atoms with Gasteiger partial charge in [0.25, 0.3) is 0 Å². The van der Waals surface area contributed by atoms with Crippen molar-refractivity contribution < 1.29 is 5.11 Å². The molecule has 0 saturated heterocycles. The van der Waals surface area contributed by atoms with Crippen LogP contribution in [0.2, 0.25) is 0 Å². The smallest absolute Gasteiger partial charge is 0.0583 e. The zero-order valence-electron chi connectivity index (χ0n) is 5.25. The minimum absolute atomic E-state index is 0.0731. The summed E-state index contributed by atoms with van der Waals surface area (Å²) in [5, 5.41) is 9.25. The van der Waals surface area contributed by atoms with E-state index in [1.165, 1.54) is 6.42 Å². The Bertz CT molecular complexity index is 168. The van der Waals surface area contributed by atoms with Crippen molar-refractivity contribution in [3.63, 3.8) is 0 Å². The van der Waals surface area contributed by atoms with E-state index < -0.39 is 0 Å². The summed E-state index contributed by atoms with van der Waals surface area (Å²) in [6, 6.07) is 0. The number of fused-ring (bicyclic) bond motifs is 1. The Kier molecular flexibility index (Phi) is 0.896. The molecule has 3 aliphatic carbocycles. The van der Waals surface area contributed by atoms with Gasteiger partial charge in [-0.25, -0.2) is 0 Å². The third-order valence-corrected chi connectivity index (χ3v) is 2.77. The molecule has 0 aromatic rings. The highest BCUT2D eigenvalue weighted by Gasteiger charge is 2.51. The summed E-state index contributed by atoms with van der Waals surface area (Å²) in [5.41, 5.74) is 0. The van der Waals surface area contributed by atoms with Crippen LogP contribution < -0.4 is 0 Å². The Morgan fingerprint density at radius 3 is 2.44 bits per heavy atom. The Morgan fingerprint density at radius 2 is 2.22 bits per heavy atom. The van der Waals surface area contributed by atoms with Crippen LogP contribution in [0.25, 0.3) is 0 Å². The molecule has 0 spiro atoms. The molecule has 0 aromatic heterocycles. The van der Waals surface area contributed by atoms with Crippen LogP contribution in [0.3, 0.4) is 0 Å². The standard InChI is InChI=1S/C8H10O/c1-2-6-5-3-7(6)8(9)4-5/h1,5-9H,3-4H2/t5-,6-,7-,8-/m1/s1. The SMILES string of the molecule is C#C[C@@H]1[C@@H]2C[C@H]1[C@H](O)C2. The molecule has 4 atom stereocenters. The minimum atomic E-state index is -0.0731. The Balaban J connectivity index is 2.15. The van der Waals surface area contributed by atoms with Gasteiger partial charge < -0.3 is 5.11 Å². The van der Waals surface area contributed by atoms with Crippen LogP contribution in [0, 0.1) is 30.1 Å². The molecule has 48 valence electrons. The molecule has 0 radical (unpaired) electrons. The lowest BCUT2D eigenvalue weighted by molar-refractivity contribution is 0.108. The maximum absolute atomic E-state index is 9.25. The van der Waals surface area contributed by atoms with E-state index >= 15 is 0 Å². The molecule has 0 heterocycles. The fraction of sp³-hybridized carbons (Fsp3) is 0.750. The van der Waals surface area contributed by atoms with Gasteiger partial charge in [-0.1, -0.05) is 0 Å². The molecular weight excluding hydrogens is 112 g/mol. The average Bonchev–Trinajstić information content (AvgIpc) is 2.22. The summed E-state index contributed by atoms with van der Waals surface area (Å²) in [5.74, 6) is 4.27. The fourth-order valence-electron chi connectivity index (χ4n) is 2.18. The van der Waals surface area contributed by atoms with Crippen molar-refractivity contribution in [2.75, 3.05) is 0 Å². The predicted octanol–water partition coefficient (Wildman–Crippen LogP) is 0.637. The highest BCUT2D eigenvalue weighted by atomic mass is 16.3. The summed E-state index contributed by atoms with van der Waals surface area (Å²) in [6.07, 6.45) is 7.32. The summed E-state index contributed by atoms with van der Waals surface area (Å²) in [4.78, 5) is 0. The summed E-state index contributed by atoms with van der Waals surface area (Å²) >= 11 is 0. The zero-order valence-corrected chi connectivity index (χ0v) is 5.25. The molecule has 3 rings (SSSR count). The molecule has 0 aromatic carbocycles. The largest absolute Gasteiger partial charge is 0.393 e. The fourth-order valence-corrected chi connectivity index (χ4v) is 2.18. The lowest BCUT2D eigenvalue weighted by atomic mass is 9.73. The maximum atomic E-state index is 9.25. The molecular formula is C8H10O. The van der Waals surface area contributed by atoms with Crippen LogP contribution in [0.1, 0.15) is 12.8 Å². The molecule has 3 saturated carbocycles. The van der Waals surface area contributed by atoms with E-state index in [1.807, 2.05) is 0 Å². The molecule has 1 N–H and O–H groups in total. The van der Waals surface area contributed by atoms with Gasteiger partial charge in [-0.05, 0) is 24.7 Å². The molecule has 1 heteroatoms. The first-order valence-electron chi connectivity index (χ1n) is 3.47. The monoisotopic (exact) mass is 122 g/mol. The first-order chi connectivity index (χ1) is 4.33. The van der Waals surface area contributed by atoms with Gasteiger partial charge in [0.05, 0.1) is 6.10 Å². The molecule has 9 heavy (non-hydrogen) atoms. The topological polar surface area (TPSA) is 20.2 Å². The number of hydrogen-bond donors (Lipinski definition) is 1. The molecule has 0 unspecified atom stereocenters. The molecule has 2 bridgehead atoms. The number of rotatable bonds is 0. The van der Waals surface area contributed by atoms with E-state index in [-0.39, 0.29) is 6.10 Å². The van der Waals surface area contributed by atoms with E-state index in [4.69, 9.17) is 6.42 Å². The molecule has 1 nitrogen and oxygen atoms in total. The molecule has 0 amide bonds. The van der Waals surface area contributed by atoms with E-state index in [0.29, 0.717) is 17.8 Å². The zero-order chi connectivity index (χ0) is 6.43. The lowest BCUT2D eigenvalue weighted by Gasteiger charge is -2.31. The maximum Gasteiger partial charge on any atom is 0.0583 e. The van der Waals surface area contributed by atoms with Gasteiger partial charge in [0.15, 0.2) is 0 Å². The summed E-state index contributed by atoms with van der Waals surface area (Å²) in [6.45, 7) is 0. The normalized spacial score (nSPS) is 54.2. The molecule has 3 aliphatic rings. The van der Waals surface area contributed by atoms with Crippen molar-refractivity contribution >= 4 is 0 Å². The van der Waals surface area contributed by atoms with Crippen LogP contribution in [0.4, 0.5) is 0 Å². The quantitative estimate of drug-likeness (QED) is 0.467. The van der Waals surface area contributed by atoms with Crippen molar-refractivity contribution in [3.8, 4) is 12.3 Å². The van der Waals surface area contributed by atoms with Crippen LogP contribution in [0.5, 0.6) is 0 Å². The second-order valence-electron chi connectivity index (χ2n) is 3.16. The second-order valence-corrected chi connectivity index (χ2v) is 3.16. The predicted molar refractivity (Wildman–Crippen MR) is 34.5 cm³/mol. The van der Waals surface area contributed by atoms with Gasteiger partial charge in [0, 0.05) is 5.92 Å². The van der Waals surface area contributed by atoms with E-state index in [2.05, 4.69) is 5.92 Å². The third kappa shape index (κ3) is 0.495. The number of terminal acetylenes is 1. The first kappa shape index (κ1) is 5.32. The third-order valence-electron chi connectivity index (χ3n) is 2.77. The number of aliphatic hydroxyl groups is 1. The highest BCUT2D eigenvalue weighted by Crippen LogP contribution is 2.52. The molecule has 3 fully saturated rings. The van der Waals surface area contributed by atoms with Crippen LogP contribution in [-0.2, 0) is 0 Å². The number of aliphatic hydroxyl groups excluding tert-OH is 1. The number of hydrogen-bond acceptors (Lipinski definition) is 1. The van der Waals surface area contributed by atoms with E-state index in [1.54, 1.807) is 0 Å². The van der Waals surface area contributed by atoms with Crippen molar-refractivity contribution in [1.82, 2.24) is 0 Å². The van der Waals surface area contributed by atoms with Gasteiger partial charge in [-0.3, -0.25) is 0 Å². The summed E-state index contributed by atoms with van der Waals surface area (Å²) in [7, 11) is 0. The second kappa shape index (κ2) is 1.52. The van der Waals surface area contributed by atoms with Crippen LogP contribution in [0.15, 0.2) is 0 Å². The Hall–Kier alpha value is -0.480. The van der Waals surface area contributed by atoms with Crippen molar-refractivity contribution in [2.45, 2.75) is 18.9 Å². The van der Waals surface area contributed by atoms with Crippen molar-refractivity contribution in [3.05, 3.63) is 0 Å². The molecule has 0 aliphatic heterocycles. The highest BCUT2D eigenvalue weighted by molar-refractivity contribution is 5.13. The van der Waals surface area contributed by atoms with E-state index in [0.717, 1.165) is 6.42 Å². The lowest BCUT2D eigenvalue weighted by Crippen LogP contribution is -2.29. The van der Waals surface area contributed by atoms with Crippen LogP contribution >= 0.6 is 0 Å². The first-order valence-corrected chi connectivity index (χ1v) is 3.47. The van der Waals surface area contributed by atoms with Gasteiger partial charge in [-0.2, -0.15) is 0 Å². The van der Waals surface area contributed by atoms with Gasteiger partial charge >= 0.3 is 0 Å². The minimum Gasteiger partial charge on any atom is -0.393 e. The average molecular weight is 122 g/mol. The Morgan fingerprint density at radius 1 is 1.44 bits per heavy atom. The van der Waals surface area contributed by atoms with Gasteiger partial charge in [-0.15, -0.1) is 12.3 Å². The Labute approximate surface area is 55.1 Å². The van der Waals surface area contributed by atoms with E-state index in [9.17, 15) is 5.11 Å². The van der Waals surface area contributed by atoms with Crippen molar-refractivity contribution in [2.24, 2.45) is 17.8 Å².